The van der Waals surface area contributed by atoms with Crippen molar-refractivity contribution in [2.24, 2.45) is 0 Å². The molecule has 3 fully saturated rings. The molecule has 0 unspecified atom stereocenters. The van der Waals surface area contributed by atoms with Crippen LogP contribution >= 0.6 is 11.6 Å². The standard InChI is InChI=1S/C25H27N5O3S.C11H17N5O4S.C6H14N2O2S.C5H4ClN3O2.3CH4/c1-2-34(31,32)30-16-14-29(15-17-30)23-13-12-22-25(27-23)28-24(26-22)20-8-10-21(11-9-20)33-18-19-6-4-3-5-7-19;1-2-21(19,20)15-7-5-14(6-8-15)10-4-3-9(16(17)18)11(12)13-10;1-2-11(9,10)8-5-3-7-4-6-8;6-4-2-1-3(9(10)11)5(7)8-4;;;/h3-13H,2,14-18H2,1H3,(H,26,27,28);3-4H,2,5-8H2,1H3,(H2,12,13);7H,2-6H2,1H3;1-2H,(H2,7,8);3*1H4. The Morgan fingerprint density at radius 3 is 1.49 bits per heavy atom. The maximum atomic E-state index is 12.1. The van der Waals surface area contributed by atoms with E-state index in [0.717, 1.165) is 47.1 Å². The Kier molecular flexibility index (Phi) is 25.8. The molecule has 3 aliphatic heterocycles. The Morgan fingerprint density at radius 1 is 0.575 bits per heavy atom. The van der Waals surface area contributed by atoms with Gasteiger partial charge in [0.15, 0.2) is 5.65 Å². The molecular weight excluding hydrogens is 1120 g/mol. The van der Waals surface area contributed by atoms with Crippen molar-refractivity contribution in [3.05, 3.63) is 122 Å². The highest BCUT2D eigenvalue weighted by Crippen LogP contribution is 2.27. The fraction of sp³-hybridized carbons (Fsp3) is 0.440. The van der Waals surface area contributed by atoms with Crippen molar-refractivity contribution in [1.29, 1.82) is 0 Å². The summed E-state index contributed by atoms with van der Waals surface area (Å²) in [5.74, 6) is 3.00. The number of benzene rings is 2. The van der Waals surface area contributed by atoms with Crippen LogP contribution in [0.3, 0.4) is 0 Å². The Hall–Kier alpha value is -6.86. The minimum Gasteiger partial charge on any atom is -0.489 e. The van der Waals surface area contributed by atoms with Crippen LogP contribution in [0.5, 0.6) is 5.75 Å². The number of H-pyrrole nitrogens is 1. The van der Waals surface area contributed by atoms with Gasteiger partial charge in [0.1, 0.15) is 35.0 Å². The number of nitrogens with one attached hydrogen (secondary N) is 2. The molecule has 0 saturated carbocycles. The van der Waals surface area contributed by atoms with Gasteiger partial charge >= 0.3 is 11.4 Å². The first-order chi connectivity index (χ1) is 36.6. The molecular formula is C50H74ClN15O11S3. The molecule has 3 saturated heterocycles. The molecule has 6 aromatic rings. The van der Waals surface area contributed by atoms with Crippen molar-refractivity contribution in [2.75, 3.05) is 117 Å². The third-order valence-corrected chi connectivity index (χ3v) is 18.2. The summed E-state index contributed by atoms with van der Waals surface area (Å²) in [5, 5.41) is 24.1. The number of ether oxygens (including phenoxy) is 1. The number of rotatable bonds is 14. The van der Waals surface area contributed by atoms with Crippen LogP contribution < -0.4 is 31.3 Å². The zero-order chi connectivity index (χ0) is 55.9. The highest BCUT2D eigenvalue weighted by Gasteiger charge is 2.28. The lowest BCUT2D eigenvalue weighted by Crippen LogP contribution is -2.49. The predicted molar refractivity (Wildman–Crippen MR) is 316 cm³/mol. The highest BCUT2D eigenvalue weighted by atomic mass is 35.5. The number of hydrogen-bond acceptors (Lipinski definition) is 20. The zero-order valence-corrected chi connectivity index (χ0v) is 45.8. The molecule has 4 aromatic heterocycles. The average molecular weight is 1190 g/mol. The molecule has 0 spiro atoms. The van der Waals surface area contributed by atoms with E-state index in [4.69, 9.17) is 32.8 Å². The van der Waals surface area contributed by atoms with E-state index >= 15 is 0 Å². The van der Waals surface area contributed by atoms with Crippen LogP contribution in [0.2, 0.25) is 5.15 Å². The number of fused-ring (bicyclic) bond motifs is 1. The van der Waals surface area contributed by atoms with Gasteiger partial charge in [0, 0.05) is 96.2 Å². The quantitative estimate of drug-likeness (QED) is 0.0544. The lowest BCUT2D eigenvalue weighted by atomic mass is 10.2. The first-order valence-electron chi connectivity index (χ1n) is 24.4. The number of halogens is 1. The molecule has 440 valence electrons. The van der Waals surface area contributed by atoms with Gasteiger partial charge in [-0.15, -0.1) is 0 Å². The smallest absolute Gasteiger partial charge is 0.311 e. The van der Waals surface area contributed by atoms with Crippen LogP contribution in [0.25, 0.3) is 22.6 Å². The number of pyridine rings is 3. The molecule has 0 radical (unpaired) electrons. The number of imidazole rings is 1. The molecule has 0 atom stereocenters. The summed E-state index contributed by atoms with van der Waals surface area (Å²) in [4.78, 5) is 43.9. The third kappa shape index (κ3) is 18.3. The molecule has 3 aliphatic rings. The molecule has 9 rings (SSSR count). The Bertz CT molecular complexity index is 3290. The maximum absolute atomic E-state index is 12.1. The minimum atomic E-state index is -3.18. The van der Waals surface area contributed by atoms with Crippen molar-refractivity contribution < 1.29 is 39.8 Å². The molecule has 6 N–H and O–H groups in total. The number of nitrogens with zero attached hydrogens (tertiary/aromatic N) is 11. The third-order valence-electron chi connectivity index (χ3n) is 12.3. The van der Waals surface area contributed by atoms with Gasteiger partial charge < -0.3 is 36.3 Å². The van der Waals surface area contributed by atoms with Crippen molar-refractivity contribution in [1.82, 2.24) is 43.2 Å². The second-order valence-corrected chi connectivity index (χ2v) is 24.3. The Balaban J connectivity index is 0.000000311. The predicted octanol–water partition coefficient (Wildman–Crippen LogP) is 6.09. The molecule has 0 aliphatic carbocycles. The van der Waals surface area contributed by atoms with E-state index in [0.29, 0.717) is 83.5 Å². The van der Waals surface area contributed by atoms with Gasteiger partial charge in [0.2, 0.25) is 41.7 Å². The van der Waals surface area contributed by atoms with E-state index in [2.05, 4.69) is 30.2 Å². The number of nitro groups is 2. The Labute approximate surface area is 474 Å². The summed E-state index contributed by atoms with van der Waals surface area (Å²) in [6, 6.07) is 27.2. The van der Waals surface area contributed by atoms with Crippen molar-refractivity contribution in [3.8, 4) is 17.1 Å². The number of piperazine rings is 3. The second-order valence-electron chi connectivity index (χ2n) is 17.2. The van der Waals surface area contributed by atoms with Crippen LogP contribution in [0.4, 0.5) is 34.6 Å². The Morgan fingerprint density at radius 2 is 1.02 bits per heavy atom. The molecule has 2 aromatic carbocycles. The van der Waals surface area contributed by atoms with Crippen LogP contribution in [0, 0.1) is 20.2 Å². The topological polar surface area (TPSA) is 346 Å². The summed E-state index contributed by atoms with van der Waals surface area (Å²) >= 11 is 5.41. The zero-order valence-electron chi connectivity index (χ0n) is 42.6. The summed E-state index contributed by atoms with van der Waals surface area (Å²) in [6.45, 7) is 12.1. The van der Waals surface area contributed by atoms with Crippen molar-refractivity contribution in [2.45, 2.75) is 49.7 Å². The SMILES string of the molecule is C.C.C.CCS(=O)(=O)N1CCN(c2ccc([N+](=O)[O-])c(N)n2)CC1.CCS(=O)(=O)N1CCN(c2ccc3[nH]c(-c4ccc(OCc5ccccc5)cc4)nc3n2)CC1.CCS(=O)(=O)N1CCNCC1.Nc1nc(Cl)ccc1[N+](=O)[O-]. The second kappa shape index (κ2) is 30.7. The number of nitrogen functional groups attached to an aromatic ring is 2. The van der Waals surface area contributed by atoms with Crippen LogP contribution in [0.1, 0.15) is 48.6 Å². The van der Waals surface area contributed by atoms with Gasteiger partial charge in [-0.3, -0.25) is 20.2 Å². The van der Waals surface area contributed by atoms with Gasteiger partial charge in [-0.1, -0.05) is 64.2 Å². The van der Waals surface area contributed by atoms with Gasteiger partial charge in [0.05, 0.1) is 32.6 Å². The van der Waals surface area contributed by atoms with Gasteiger partial charge in [-0.25, -0.2) is 45.2 Å². The van der Waals surface area contributed by atoms with E-state index in [9.17, 15) is 45.5 Å². The lowest BCUT2D eigenvalue weighted by Gasteiger charge is -2.34. The normalized spacial score (nSPS) is 15.2. The van der Waals surface area contributed by atoms with E-state index in [-0.39, 0.29) is 67.7 Å². The summed E-state index contributed by atoms with van der Waals surface area (Å²) < 4.78 is 80.7. The number of aromatic amines is 1. The number of hydrogen-bond donors (Lipinski definition) is 4. The van der Waals surface area contributed by atoms with E-state index < -0.39 is 39.9 Å². The first-order valence-corrected chi connectivity index (χ1v) is 29.6. The lowest BCUT2D eigenvalue weighted by molar-refractivity contribution is -0.384. The van der Waals surface area contributed by atoms with Crippen LogP contribution in [0.15, 0.2) is 91.0 Å². The molecule has 0 bridgehead atoms. The number of aromatic nitrogens is 5. The van der Waals surface area contributed by atoms with E-state index in [1.165, 1.54) is 28.6 Å². The number of nitrogens with two attached hydrogens (primary N) is 2. The minimum absolute atomic E-state index is 0. The van der Waals surface area contributed by atoms with Gasteiger partial charge in [-0.05, 0) is 74.9 Å². The maximum Gasteiger partial charge on any atom is 0.311 e. The van der Waals surface area contributed by atoms with Gasteiger partial charge in [-0.2, -0.15) is 12.9 Å². The van der Waals surface area contributed by atoms with Crippen LogP contribution in [-0.2, 0) is 36.7 Å². The van der Waals surface area contributed by atoms with E-state index in [1.54, 1.807) is 29.4 Å². The molecule has 30 heteroatoms. The van der Waals surface area contributed by atoms with Crippen LogP contribution in [-0.4, -0.2) is 169 Å². The summed E-state index contributed by atoms with van der Waals surface area (Å²) in [5.41, 5.74) is 13.9. The van der Waals surface area contributed by atoms with Crippen molar-refractivity contribution in [3.63, 3.8) is 0 Å². The largest absolute Gasteiger partial charge is 0.489 e. The molecule has 0 amide bonds. The molecule has 26 nitrogen and oxygen atoms in total. The first kappa shape index (κ1) is 67.4. The van der Waals surface area contributed by atoms with Gasteiger partial charge in [0.25, 0.3) is 0 Å². The fourth-order valence-corrected chi connectivity index (χ4v) is 11.3. The molecule has 80 heavy (non-hydrogen) atoms. The highest BCUT2D eigenvalue weighted by molar-refractivity contribution is 7.89. The van der Waals surface area contributed by atoms with E-state index in [1.807, 2.05) is 71.6 Å². The molecule has 7 heterocycles. The monoisotopic (exact) mass is 1190 g/mol. The summed E-state index contributed by atoms with van der Waals surface area (Å²) in [7, 11) is -9.26. The fourth-order valence-electron chi connectivity index (χ4n) is 7.89. The average Bonchev–Trinajstić information content (AvgIpc) is 3.88. The summed E-state index contributed by atoms with van der Waals surface area (Å²) in [6.07, 6.45) is 0. The van der Waals surface area contributed by atoms with Crippen molar-refractivity contribution >= 4 is 87.5 Å². The number of sulfonamides is 3. The number of anilines is 4.